The van der Waals surface area contributed by atoms with Gasteiger partial charge in [0.15, 0.2) is 0 Å². The lowest BCUT2D eigenvalue weighted by Crippen LogP contribution is -2.46. The molecule has 2 heterocycles. The fourth-order valence-electron chi connectivity index (χ4n) is 3.03. The van der Waals surface area contributed by atoms with Crippen LogP contribution < -0.4 is 4.90 Å². The SMILES string of the molecule is Fc1ccccc1-c1noc(N2CCN(Cc3ccccc3)CC2)n1. The van der Waals surface area contributed by atoms with Crippen molar-refractivity contribution in [2.75, 3.05) is 31.1 Å². The highest BCUT2D eigenvalue weighted by atomic mass is 19.1. The van der Waals surface area contributed by atoms with Gasteiger partial charge in [0, 0.05) is 32.7 Å². The van der Waals surface area contributed by atoms with E-state index in [0.717, 1.165) is 32.7 Å². The van der Waals surface area contributed by atoms with Gasteiger partial charge in [-0.25, -0.2) is 4.39 Å². The molecule has 0 amide bonds. The fraction of sp³-hybridized carbons (Fsp3) is 0.263. The molecule has 2 aromatic carbocycles. The Hall–Kier alpha value is -2.73. The lowest BCUT2D eigenvalue weighted by molar-refractivity contribution is 0.242. The first kappa shape index (κ1) is 15.8. The summed E-state index contributed by atoms with van der Waals surface area (Å²) in [5.74, 6) is -0.0534. The predicted molar refractivity (Wildman–Crippen MR) is 93.6 cm³/mol. The Morgan fingerprint density at radius 3 is 2.40 bits per heavy atom. The van der Waals surface area contributed by atoms with Gasteiger partial charge in [-0.2, -0.15) is 4.98 Å². The van der Waals surface area contributed by atoms with E-state index >= 15 is 0 Å². The Morgan fingerprint density at radius 2 is 1.64 bits per heavy atom. The van der Waals surface area contributed by atoms with Crippen LogP contribution in [0, 0.1) is 5.82 Å². The van der Waals surface area contributed by atoms with Crippen LogP contribution in [0.1, 0.15) is 5.56 Å². The van der Waals surface area contributed by atoms with E-state index in [-0.39, 0.29) is 5.82 Å². The average molecular weight is 338 g/mol. The number of hydrogen-bond acceptors (Lipinski definition) is 5. The molecule has 0 N–H and O–H groups in total. The fourth-order valence-corrected chi connectivity index (χ4v) is 3.03. The second-order valence-corrected chi connectivity index (χ2v) is 6.13. The number of benzene rings is 2. The zero-order valence-electron chi connectivity index (χ0n) is 13.8. The van der Waals surface area contributed by atoms with Gasteiger partial charge in [-0.15, -0.1) is 0 Å². The van der Waals surface area contributed by atoms with E-state index in [0.29, 0.717) is 17.4 Å². The van der Waals surface area contributed by atoms with Crippen LogP contribution in [-0.2, 0) is 6.54 Å². The van der Waals surface area contributed by atoms with Crippen molar-refractivity contribution in [2.24, 2.45) is 0 Å². The van der Waals surface area contributed by atoms with E-state index < -0.39 is 0 Å². The number of halogens is 1. The van der Waals surface area contributed by atoms with E-state index in [1.165, 1.54) is 11.6 Å². The van der Waals surface area contributed by atoms with Gasteiger partial charge in [-0.05, 0) is 17.7 Å². The molecule has 25 heavy (non-hydrogen) atoms. The summed E-state index contributed by atoms with van der Waals surface area (Å²) in [5.41, 5.74) is 1.68. The van der Waals surface area contributed by atoms with Crippen LogP contribution in [0.5, 0.6) is 0 Å². The summed E-state index contributed by atoms with van der Waals surface area (Å²) in [5, 5.41) is 3.93. The van der Waals surface area contributed by atoms with Crippen LogP contribution in [-0.4, -0.2) is 41.2 Å². The summed E-state index contributed by atoms with van der Waals surface area (Å²) in [6.45, 7) is 4.41. The third kappa shape index (κ3) is 3.53. The molecule has 1 aliphatic heterocycles. The first-order chi connectivity index (χ1) is 12.3. The summed E-state index contributed by atoms with van der Waals surface area (Å²) in [6, 6.07) is 17.4. The Labute approximate surface area is 145 Å². The van der Waals surface area contributed by atoms with Crippen molar-refractivity contribution in [3.8, 4) is 11.4 Å². The van der Waals surface area contributed by atoms with Gasteiger partial charge in [0.2, 0.25) is 5.82 Å². The van der Waals surface area contributed by atoms with E-state index in [4.69, 9.17) is 4.52 Å². The second-order valence-electron chi connectivity index (χ2n) is 6.13. The molecule has 0 radical (unpaired) electrons. The van der Waals surface area contributed by atoms with Crippen molar-refractivity contribution in [2.45, 2.75) is 6.54 Å². The van der Waals surface area contributed by atoms with Crippen molar-refractivity contribution in [3.05, 3.63) is 66.0 Å². The molecule has 0 atom stereocenters. The van der Waals surface area contributed by atoms with Crippen molar-refractivity contribution in [3.63, 3.8) is 0 Å². The molecule has 1 aromatic heterocycles. The Kier molecular flexibility index (Phi) is 4.43. The Morgan fingerprint density at radius 1 is 0.920 bits per heavy atom. The molecule has 0 aliphatic carbocycles. The molecule has 0 spiro atoms. The van der Waals surface area contributed by atoms with Crippen molar-refractivity contribution in [1.82, 2.24) is 15.0 Å². The summed E-state index contributed by atoms with van der Waals surface area (Å²) >= 11 is 0. The molecule has 0 unspecified atom stereocenters. The second kappa shape index (κ2) is 7.03. The molecule has 128 valence electrons. The van der Waals surface area contributed by atoms with Crippen LogP contribution in [0.15, 0.2) is 59.1 Å². The van der Waals surface area contributed by atoms with Gasteiger partial charge in [0.25, 0.3) is 0 Å². The van der Waals surface area contributed by atoms with E-state index in [9.17, 15) is 4.39 Å². The number of aromatic nitrogens is 2. The third-order valence-electron chi connectivity index (χ3n) is 4.42. The van der Waals surface area contributed by atoms with Gasteiger partial charge in [-0.3, -0.25) is 4.90 Å². The molecular formula is C19H19FN4O. The van der Waals surface area contributed by atoms with E-state index in [1.54, 1.807) is 18.2 Å². The standard InChI is InChI=1S/C19H19FN4O/c20-17-9-5-4-8-16(17)18-21-19(25-22-18)24-12-10-23(11-13-24)14-15-6-2-1-3-7-15/h1-9H,10-14H2. The van der Waals surface area contributed by atoms with Crippen molar-refractivity contribution >= 4 is 6.01 Å². The molecule has 4 rings (SSSR count). The van der Waals surface area contributed by atoms with E-state index in [2.05, 4.69) is 44.2 Å². The molecule has 1 saturated heterocycles. The number of anilines is 1. The highest BCUT2D eigenvalue weighted by molar-refractivity contribution is 5.56. The van der Waals surface area contributed by atoms with Crippen LogP contribution in [0.2, 0.25) is 0 Å². The normalized spacial score (nSPS) is 15.5. The summed E-state index contributed by atoms with van der Waals surface area (Å²) < 4.78 is 19.2. The quantitative estimate of drug-likeness (QED) is 0.731. The summed E-state index contributed by atoms with van der Waals surface area (Å²) in [6.07, 6.45) is 0. The van der Waals surface area contributed by atoms with Crippen LogP contribution in [0.4, 0.5) is 10.4 Å². The molecule has 0 saturated carbocycles. The summed E-state index contributed by atoms with van der Waals surface area (Å²) in [7, 11) is 0. The van der Waals surface area contributed by atoms with Gasteiger partial charge < -0.3 is 9.42 Å². The molecule has 5 nitrogen and oxygen atoms in total. The summed E-state index contributed by atoms with van der Waals surface area (Å²) in [4.78, 5) is 8.82. The smallest absolute Gasteiger partial charge is 0.322 e. The highest BCUT2D eigenvalue weighted by Crippen LogP contribution is 2.23. The van der Waals surface area contributed by atoms with Crippen molar-refractivity contribution < 1.29 is 8.91 Å². The lowest BCUT2D eigenvalue weighted by atomic mass is 10.2. The molecule has 1 fully saturated rings. The number of piperazine rings is 1. The molecule has 0 bridgehead atoms. The van der Waals surface area contributed by atoms with Gasteiger partial charge in [0.1, 0.15) is 5.82 Å². The lowest BCUT2D eigenvalue weighted by Gasteiger charge is -2.33. The maximum atomic E-state index is 13.8. The maximum Gasteiger partial charge on any atom is 0.324 e. The molecule has 1 aliphatic rings. The first-order valence-electron chi connectivity index (χ1n) is 8.39. The number of hydrogen-bond donors (Lipinski definition) is 0. The molecule has 3 aromatic rings. The Bertz CT molecular complexity index is 828. The van der Waals surface area contributed by atoms with Crippen molar-refractivity contribution in [1.29, 1.82) is 0 Å². The molecular weight excluding hydrogens is 319 g/mol. The minimum atomic E-state index is -0.345. The van der Waals surface area contributed by atoms with Crippen LogP contribution >= 0.6 is 0 Å². The third-order valence-corrected chi connectivity index (χ3v) is 4.42. The molecule has 6 heteroatoms. The van der Waals surface area contributed by atoms with Gasteiger partial charge in [0.05, 0.1) is 5.56 Å². The zero-order valence-corrected chi connectivity index (χ0v) is 13.8. The Balaban J connectivity index is 1.39. The maximum absolute atomic E-state index is 13.8. The zero-order chi connectivity index (χ0) is 17.1. The number of rotatable bonds is 4. The average Bonchev–Trinajstić information content (AvgIpc) is 3.13. The minimum absolute atomic E-state index is 0.291. The first-order valence-corrected chi connectivity index (χ1v) is 8.39. The van der Waals surface area contributed by atoms with Crippen LogP contribution in [0.25, 0.3) is 11.4 Å². The number of nitrogens with zero attached hydrogens (tertiary/aromatic N) is 4. The van der Waals surface area contributed by atoms with Gasteiger partial charge in [-0.1, -0.05) is 47.6 Å². The largest absolute Gasteiger partial charge is 0.324 e. The topological polar surface area (TPSA) is 45.4 Å². The monoisotopic (exact) mass is 338 g/mol. The van der Waals surface area contributed by atoms with E-state index in [1.807, 2.05) is 6.07 Å². The predicted octanol–water partition coefficient (Wildman–Crippen LogP) is 3.20. The minimum Gasteiger partial charge on any atom is -0.322 e. The van der Waals surface area contributed by atoms with Gasteiger partial charge >= 0.3 is 6.01 Å². The highest BCUT2D eigenvalue weighted by Gasteiger charge is 2.22. The van der Waals surface area contributed by atoms with Crippen LogP contribution in [0.3, 0.4) is 0 Å².